The minimum absolute atomic E-state index is 0.0625. The summed E-state index contributed by atoms with van der Waals surface area (Å²) < 4.78 is 81.8. The van der Waals surface area contributed by atoms with Crippen molar-refractivity contribution in [3.05, 3.63) is 63.7 Å². The average molecular weight is 641 g/mol. The van der Waals surface area contributed by atoms with Crippen LogP contribution in [0.3, 0.4) is 0 Å². The van der Waals surface area contributed by atoms with Gasteiger partial charge in [0, 0.05) is 38.3 Å². The topological polar surface area (TPSA) is 87.4 Å². The molecule has 3 aromatic rings. The van der Waals surface area contributed by atoms with Crippen LogP contribution in [0.15, 0.2) is 30.3 Å². The summed E-state index contributed by atoms with van der Waals surface area (Å²) >= 11 is 0. The largest absolute Gasteiger partial charge is 0.481 e. The van der Waals surface area contributed by atoms with Crippen molar-refractivity contribution in [1.82, 2.24) is 20.2 Å². The van der Waals surface area contributed by atoms with Crippen molar-refractivity contribution in [2.24, 2.45) is 18.9 Å². The first-order chi connectivity index (χ1) is 21.0. The molecular formula is C31H38F6N6O2. The van der Waals surface area contributed by atoms with Gasteiger partial charge in [-0.05, 0) is 110 Å². The number of carbonyl (C=O) groups is 1. The highest BCUT2D eigenvalue weighted by atomic mass is 19.4. The molecular weight excluding hydrogens is 602 g/mol. The average Bonchev–Trinajstić information content (AvgIpc) is 3.39. The Bertz CT molecular complexity index is 1450. The molecule has 1 aliphatic rings. The number of carboxylic acid groups (broad SMARTS) is 1. The Morgan fingerprint density at radius 1 is 0.889 bits per heavy atom. The first kappa shape index (κ1) is 34.0. The first-order valence-electron chi connectivity index (χ1n) is 14.9. The molecule has 1 heterocycles. The van der Waals surface area contributed by atoms with Crippen LogP contribution in [-0.2, 0) is 37.3 Å². The zero-order valence-corrected chi connectivity index (χ0v) is 25.7. The van der Waals surface area contributed by atoms with Gasteiger partial charge in [-0.25, -0.2) is 0 Å². The molecule has 0 atom stereocenters. The fraction of sp³-hybridized carbons (Fsp3) is 0.548. The molecule has 1 aromatic heterocycles. The van der Waals surface area contributed by atoms with E-state index in [9.17, 15) is 31.1 Å². The van der Waals surface area contributed by atoms with E-state index in [0.717, 1.165) is 66.7 Å². The Morgan fingerprint density at radius 2 is 1.47 bits per heavy atom. The van der Waals surface area contributed by atoms with E-state index in [1.54, 1.807) is 0 Å². The molecule has 0 radical (unpaired) electrons. The maximum absolute atomic E-state index is 13.6. The first-order valence-corrected chi connectivity index (χ1v) is 14.9. The number of hydrogen-bond donors (Lipinski definition) is 1. The van der Waals surface area contributed by atoms with Gasteiger partial charge in [0.2, 0.25) is 0 Å². The van der Waals surface area contributed by atoms with Crippen LogP contribution in [0.2, 0.25) is 0 Å². The van der Waals surface area contributed by atoms with Crippen LogP contribution in [0, 0.1) is 25.7 Å². The monoisotopic (exact) mass is 640 g/mol. The molecule has 45 heavy (non-hydrogen) atoms. The van der Waals surface area contributed by atoms with Crippen LogP contribution in [0.25, 0.3) is 0 Å². The molecule has 0 amide bonds. The summed E-state index contributed by atoms with van der Waals surface area (Å²) in [5, 5.41) is 21.3. The maximum atomic E-state index is 13.6. The van der Waals surface area contributed by atoms with Crippen LogP contribution < -0.4 is 9.80 Å². The lowest BCUT2D eigenvalue weighted by Gasteiger charge is -2.35. The van der Waals surface area contributed by atoms with E-state index < -0.39 is 29.4 Å². The predicted octanol–water partition coefficient (Wildman–Crippen LogP) is 7.18. The van der Waals surface area contributed by atoms with Gasteiger partial charge < -0.3 is 14.9 Å². The van der Waals surface area contributed by atoms with E-state index in [1.165, 1.54) is 16.7 Å². The molecule has 246 valence electrons. The lowest BCUT2D eigenvalue weighted by atomic mass is 9.80. The van der Waals surface area contributed by atoms with Gasteiger partial charge in [-0.2, -0.15) is 31.1 Å². The molecule has 0 spiro atoms. The van der Waals surface area contributed by atoms with Crippen molar-refractivity contribution in [1.29, 1.82) is 0 Å². The third-order valence-corrected chi connectivity index (χ3v) is 8.49. The number of aromatic nitrogens is 4. The summed E-state index contributed by atoms with van der Waals surface area (Å²) in [7, 11) is 1.52. The molecule has 1 fully saturated rings. The molecule has 8 nitrogen and oxygen atoms in total. The van der Waals surface area contributed by atoms with E-state index in [2.05, 4.69) is 26.4 Å². The summed E-state index contributed by atoms with van der Waals surface area (Å²) in [5.41, 5.74) is 0.763. The number of aryl methyl sites for hydroxylation is 3. The summed E-state index contributed by atoms with van der Waals surface area (Å²) in [6.07, 6.45) is -6.27. The van der Waals surface area contributed by atoms with Gasteiger partial charge in [0.1, 0.15) is 0 Å². The fourth-order valence-electron chi connectivity index (χ4n) is 5.99. The Balaban J connectivity index is 1.67. The van der Waals surface area contributed by atoms with Crippen LogP contribution in [0.1, 0.15) is 72.4 Å². The van der Waals surface area contributed by atoms with Crippen molar-refractivity contribution < 1.29 is 36.2 Å². The van der Waals surface area contributed by atoms with Gasteiger partial charge in [0.25, 0.3) is 5.95 Å². The highest BCUT2D eigenvalue weighted by Gasteiger charge is 2.37. The Kier molecular flexibility index (Phi) is 10.3. The molecule has 0 aliphatic heterocycles. The number of halogens is 6. The number of alkyl halides is 6. The second kappa shape index (κ2) is 13.7. The molecule has 2 aromatic carbocycles. The number of carboxylic acids is 1. The number of aliphatic carboxylic acids is 1. The van der Waals surface area contributed by atoms with E-state index >= 15 is 0 Å². The normalized spacial score (nSPS) is 17.4. The maximum Gasteiger partial charge on any atom is 0.416 e. The Labute approximate surface area is 258 Å². The summed E-state index contributed by atoms with van der Waals surface area (Å²) in [6, 6.07) is 5.59. The minimum Gasteiger partial charge on any atom is -0.481 e. The van der Waals surface area contributed by atoms with Gasteiger partial charge in [0.15, 0.2) is 0 Å². The standard InChI is InChI=1S/C31H38F6N6O2/c1-5-42(16-22-8-6-21(7-9-22)14-28(44)45)27-11-20(3)19(2)10-24(27)18-43(29-38-40-41(4)39-29)17-23-12-25(30(32,33)34)15-26(13-23)31(35,36)37/h10-13,15,21-22H,5-9,14,16-18H2,1-4H3,(H,44,45)/t21-,22-. The van der Waals surface area contributed by atoms with Crippen molar-refractivity contribution in [2.45, 2.75) is 78.3 Å². The molecule has 1 N–H and O–H groups in total. The summed E-state index contributed by atoms with van der Waals surface area (Å²) in [5.74, 6) is -0.191. The third-order valence-electron chi connectivity index (χ3n) is 8.49. The lowest BCUT2D eigenvalue weighted by molar-refractivity contribution is -0.143. The number of anilines is 2. The lowest BCUT2D eigenvalue weighted by Crippen LogP contribution is -2.33. The van der Waals surface area contributed by atoms with Crippen molar-refractivity contribution in [2.75, 3.05) is 22.9 Å². The van der Waals surface area contributed by atoms with E-state index in [0.29, 0.717) is 12.5 Å². The van der Waals surface area contributed by atoms with Crippen LogP contribution >= 0.6 is 0 Å². The Morgan fingerprint density at radius 3 is 1.98 bits per heavy atom. The zero-order valence-electron chi connectivity index (χ0n) is 25.7. The number of nitrogens with zero attached hydrogens (tertiary/aromatic N) is 6. The molecule has 0 saturated heterocycles. The van der Waals surface area contributed by atoms with E-state index in [1.807, 2.05) is 26.8 Å². The van der Waals surface area contributed by atoms with Crippen molar-refractivity contribution >= 4 is 17.6 Å². The van der Waals surface area contributed by atoms with E-state index in [4.69, 9.17) is 5.11 Å². The van der Waals surface area contributed by atoms with Gasteiger partial charge in [-0.1, -0.05) is 11.2 Å². The quantitative estimate of drug-likeness (QED) is 0.222. The van der Waals surface area contributed by atoms with Gasteiger partial charge >= 0.3 is 18.3 Å². The summed E-state index contributed by atoms with van der Waals surface area (Å²) in [6.45, 7) is 7.12. The van der Waals surface area contributed by atoms with Gasteiger partial charge in [-0.15, -0.1) is 5.10 Å². The van der Waals surface area contributed by atoms with E-state index in [-0.39, 0.29) is 43.0 Å². The smallest absolute Gasteiger partial charge is 0.416 e. The highest BCUT2D eigenvalue weighted by Crippen LogP contribution is 2.38. The number of tetrazole rings is 1. The highest BCUT2D eigenvalue weighted by molar-refractivity contribution is 5.67. The zero-order chi connectivity index (χ0) is 33.1. The van der Waals surface area contributed by atoms with Gasteiger partial charge in [0.05, 0.1) is 18.2 Å². The number of hydrogen-bond acceptors (Lipinski definition) is 6. The minimum atomic E-state index is -4.97. The number of benzene rings is 2. The Hall–Kier alpha value is -3.84. The van der Waals surface area contributed by atoms with Crippen LogP contribution in [0.4, 0.5) is 38.0 Å². The molecule has 1 saturated carbocycles. The van der Waals surface area contributed by atoms with Crippen molar-refractivity contribution in [3.63, 3.8) is 0 Å². The fourth-order valence-corrected chi connectivity index (χ4v) is 5.99. The molecule has 0 unspecified atom stereocenters. The van der Waals surface area contributed by atoms with Crippen LogP contribution in [0.5, 0.6) is 0 Å². The summed E-state index contributed by atoms with van der Waals surface area (Å²) in [4.78, 5) is 16.1. The predicted molar refractivity (Wildman–Crippen MR) is 157 cm³/mol. The van der Waals surface area contributed by atoms with Crippen molar-refractivity contribution in [3.8, 4) is 0 Å². The molecule has 4 rings (SSSR count). The molecule has 14 heteroatoms. The SMILES string of the molecule is CCN(C[C@H]1CC[C@H](CC(=O)O)CC1)c1cc(C)c(C)cc1CN(Cc1cc(C(F)(F)F)cc(C(F)(F)F)c1)c1nnn(C)n1. The number of rotatable bonds is 11. The molecule has 1 aliphatic carbocycles. The molecule has 0 bridgehead atoms. The second-order valence-electron chi connectivity index (χ2n) is 11.9. The third kappa shape index (κ3) is 8.88. The second-order valence-corrected chi connectivity index (χ2v) is 11.9. The van der Waals surface area contributed by atoms with Crippen LogP contribution in [-0.4, -0.2) is 44.4 Å². The van der Waals surface area contributed by atoms with Gasteiger partial charge in [-0.3, -0.25) is 4.79 Å².